The minimum Gasteiger partial charge on any atom is -0.221 e. The molecule has 0 atom stereocenters. The summed E-state index contributed by atoms with van der Waals surface area (Å²) in [6.07, 6.45) is 1.83. The molecule has 0 aliphatic rings. The highest BCUT2D eigenvalue weighted by molar-refractivity contribution is 5.34. The van der Waals surface area contributed by atoms with Gasteiger partial charge in [-0.2, -0.15) is 5.10 Å². The van der Waals surface area contributed by atoms with Crippen LogP contribution in [-0.2, 0) is 0 Å². The highest BCUT2D eigenvalue weighted by Crippen LogP contribution is 1.93. The van der Waals surface area contributed by atoms with Crippen LogP contribution in [0.15, 0.2) is 30.7 Å². The number of hydrogen-bond donors (Lipinski definition) is 0. The van der Waals surface area contributed by atoms with Crippen molar-refractivity contribution in [1.29, 1.82) is 0 Å². The van der Waals surface area contributed by atoms with E-state index >= 15 is 0 Å². The summed E-state index contributed by atoms with van der Waals surface area (Å²) < 4.78 is 8.65. The molecule has 3 heteroatoms. The molecule has 0 saturated carbocycles. The van der Waals surface area contributed by atoms with E-state index in [0.717, 1.165) is 0 Å². The Hall–Kier alpha value is -1.38. The van der Waals surface area contributed by atoms with Crippen molar-refractivity contribution in [3.05, 3.63) is 30.7 Å². The van der Waals surface area contributed by atoms with E-state index in [0.29, 0.717) is 5.65 Å². The van der Waals surface area contributed by atoms with Crippen molar-refractivity contribution in [2.24, 2.45) is 0 Å². The zero-order chi connectivity index (χ0) is 6.97. The van der Waals surface area contributed by atoms with E-state index in [1.54, 1.807) is 10.7 Å². The van der Waals surface area contributed by atoms with E-state index in [1.807, 2.05) is 18.2 Å². The molecular weight excluding hydrogens is 114 g/mol. The van der Waals surface area contributed by atoms with Gasteiger partial charge in [-0.05, 0) is 12.1 Å². The zero-order valence-electron chi connectivity index (χ0n) is 5.65. The predicted molar refractivity (Wildman–Crippen MR) is 33.0 cm³/mol. The Morgan fingerprint density at radius 3 is 3.44 bits per heavy atom. The topological polar surface area (TPSA) is 30.2 Å². The molecule has 2 aromatic rings. The van der Waals surface area contributed by atoms with E-state index in [2.05, 4.69) is 10.1 Å². The van der Waals surface area contributed by atoms with Gasteiger partial charge in [0.1, 0.15) is 7.67 Å². The van der Waals surface area contributed by atoms with Crippen LogP contribution in [0.1, 0.15) is 1.37 Å². The lowest BCUT2D eigenvalue weighted by Crippen LogP contribution is -1.82. The van der Waals surface area contributed by atoms with Crippen LogP contribution < -0.4 is 0 Å². The lowest BCUT2D eigenvalue weighted by Gasteiger charge is -1.84. The van der Waals surface area contributed by atoms with E-state index in [1.165, 1.54) is 0 Å². The van der Waals surface area contributed by atoms with Gasteiger partial charge in [-0.1, -0.05) is 6.07 Å². The Labute approximate surface area is 53.4 Å². The molecule has 0 N–H and O–H groups in total. The number of rotatable bonds is 0. The fourth-order valence-corrected chi connectivity index (χ4v) is 0.720. The Bertz CT molecular complexity index is 322. The Morgan fingerprint density at radius 1 is 1.56 bits per heavy atom. The summed E-state index contributed by atoms with van der Waals surface area (Å²) in [4.78, 5) is 3.83. The lowest BCUT2D eigenvalue weighted by molar-refractivity contribution is 0.961. The molecule has 0 aliphatic heterocycles. The fraction of sp³-hybridized carbons (Fsp3) is 0. The van der Waals surface area contributed by atoms with Gasteiger partial charge < -0.3 is 0 Å². The summed E-state index contributed by atoms with van der Waals surface area (Å²) in [5, 5.41) is 3.79. The van der Waals surface area contributed by atoms with Crippen molar-refractivity contribution in [3.63, 3.8) is 0 Å². The van der Waals surface area contributed by atoms with Crippen LogP contribution in [0, 0.1) is 0 Å². The first kappa shape index (κ1) is 3.61. The maximum atomic E-state index is 7.08. The van der Waals surface area contributed by atoms with Crippen LogP contribution in [0.25, 0.3) is 5.65 Å². The number of hydrogen-bond acceptors (Lipinski definition) is 2. The summed E-state index contributed by atoms with van der Waals surface area (Å²) in [6, 6.07) is 5.52. The number of fused-ring (bicyclic) bond motifs is 1. The van der Waals surface area contributed by atoms with Gasteiger partial charge in [0.25, 0.3) is 0 Å². The van der Waals surface area contributed by atoms with Crippen LogP contribution in [0.2, 0.25) is 0 Å². The van der Waals surface area contributed by atoms with Crippen molar-refractivity contribution in [1.82, 2.24) is 14.6 Å². The summed E-state index contributed by atoms with van der Waals surface area (Å²) in [5.41, 5.74) is 0.715. The first-order valence-electron chi connectivity index (χ1n) is 3.14. The van der Waals surface area contributed by atoms with Gasteiger partial charge in [0.05, 0.1) is 0 Å². The molecule has 0 amide bonds. The Balaban J connectivity index is 2.88. The Morgan fingerprint density at radius 2 is 2.56 bits per heavy atom. The van der Waals surface area contributed by atoms with Crippen LogP contribution in [0.3, 0.4) is 0 Å². The van der Waals surface area contributed by atoms with Gasteiger partial charge in [0.2, 0.25) is 0 Å². The molecule has 2 heterocycles. The average molecular weight is 120 g/mol. The molecule has 44 valence electrons. The van der Waals surface area contributed by atoms with Gasteiger partial charge in [0.15, 0.2) is 5.65 Å². The SMILES string of the molecule is [2H]c1nc2ccccn2n1. The smallest absolute Gasteiger partial charge is 0.155 e. The molecule has 2 rings (SSSR count). The number of nitrogens with zero attached hydrogens (tertiary/aromatic N) is 3. The molecule has 0 aliphatic carbocycles. The number of aromatic nitrogens is 3. The molecule has 0 fully saturated rings. The van der Waals surface area contributed by atoms with Crippen molar-refractivity contribution in [2.75, 3.05) is 0 Å². The molecule has 0 unspecified atom stereocenters. The molecule has 0 spiro atoms. The average Bonchev–Trinajstić information content (AvgIpc) is 2.27. The second-order valence-corrected chi connectivity index (χ2v) is 1.72. The van der Waals surface area contributed by atoms with Crippen LogP contribution in [0.4, 0.5) is 0 Å². The van der Waals surface area contributed by atoms with Crippen molar-refractivity contribution >= 4 is 5.65 Å². The largest absolute Gasteiger partial charge is 0.221 e. The number of pyridine rings is 1. The molecule has 0 aromatic carbocycles. The van der Waals surface area contributed by atoms with Gasteiger partial charge in [0, 0.05) is 6.20 Å². The third-order valence-corrected chi connectivity index (χ3v) is 1.14. The second-order valence-electron chi connectivity index (χ2n) is 1.72. The maximum Gasteiger partial charge on any atom is 0.155 e. The summed E-state index contributed by atoms with van der Waals surface area (Å²) in [7, 11) is 0. The minimum atomic E-state index is 0.0613. The third kappa shape index (κ3) is 0.579. The molecule has 2 aromatic heterocycles. The molecule has 0 radical (unpaired) electrons. The van der Waals surface area contributed by atoms with Crippen LogP contribution in [0.5, 0.6) is 0 Å². The second kappa shape index (κ2) is 1.55. The summed E-state index contributed by atoms with van der Waals surface area (Å²) in [6.45, 7) is 0. The monoisotopic (exact) mass is 120 g/mol. The molecule has 9 heavy (non-hydrogen) atoms. The predicted octanol–water partition coefficient (Wildman–Crippen LogP) is 0.729. The summed E-state index contributed by atoms with van der Waals surface area (Å²) >= 11 is 0. The molecule has 0 bridgehead atoms. The minimum absolute atomic E-state index is 0.0613. The normalized spacial score (nSPS) is 11.8. The van der Waals surface area contributed by atoms with E-state index < -0.39 is 0 Å². The standard InChI is InChI=1S/C6H5N3/c1-2-4-9-6(3-1)7-5-8-9/h1-5H/i5D. The fourth-order valence-electron chi connectivity index (χ4n) is 0.720. The van der Waals surface area contributed by atoms with E-state index in [-0.39, 0.29) is 6.30 Å². The van der Waals surface area contributed by atoms with Crippen LogP contribution >= 0.6 is 0 Å². The van der Waals surface area contributed by atoms with E-state index in [9.17, 15) is 0 Å². The van der Waals surface area contributed by atoms with Gasteiger partial charge in [-0.3, -0.25) is 0 Å². The van der Waals surface area contributed by atoms with Crippen molar-refractivity contribution < 1.29 is 1.37 Å². The molecular formula is C6H5N3. The maximum absolute atomic E-state index is 7.08. The highest BCUT2D eigenvalue weighted by Gasteiger charge is 1.86. The molecule has 0 saturated heterocycles. The molecule has 3 nitrogen and oxygen atoms in total. The Kier molecular flexibility index (Phi) is 0.621. The van der Waals surface area contributed by atoms with Crippen molar-refractivity contribution in [3.8, 4) is 0 Å². The summed E-state index contributed by atoms with van der Waals surface area (Å²) in [5.74, 6) is 0. The van der Waals surface area contributed by atoms with Gasteiger partial charge in [-0.15, -0.1) is 0 Å². The van der Waals surface area contributed by atoms with Gasteiger partial charge >= 0.3 is 0 Å². The zero-order valence-corrected chi connectivity index (χ0v) is 4.65. The highest BCUT2D eigenvalue weighted by atomic mass is 15.3. The van der Waals surface area contributed by atoms with Gasteiger partial charge in [-0.25, -0.2) is 9.50 Å². The quantitative estimate of drug-likeness (QED) is 0.513. The lowest BCUT2D eigenvalue weighted by atomic mass is 10.5. The van der Waals surface area contributed by atoms with Crippen molar-refractivity contribution in [2.45, 2.75) is 0 Å². The first-order valence-corrected chi connectivity index (χ1v) is 2.64. The van der Waals surface area contributed by atoms with Crippen LogP contribution in [-0.4, -0.2) is 14.6 Å². The first-order chi connectivity index (χ1) is 4.86. The van der Waals surface area contributed by atoms with E-state index in [4.69, 9.17) is 1.37 Å². The third-order valence-electron chi connectivity index (χ3n) is 1.14.